The Kier molecular flexibility index (Phi) is 5.88. The van der Waals surface area contributed by atoms with Gasteiger partial charge in [0, 0.05) is 10.9 Å². The first-order chi connectivity index (χ1) is 12.9. The number of benzene rings is 2. The van der Waals surface area contributed by atoms with E-state index in [1.54, 1.807) is 17.5 Å². The first kappa shape index (κ1) is 19.1. The van der Waals surface area contributed by atoms with Crippen LogP contribution in [0.15, 0.2) is 47.8 Å². The molecule has 1 amide bonds. The number of hydrogen-bond acceptors (Lipinski definition) is 5. The smallest absolute Gasteiger partial charge is 0.358 e. The summed E-state index contributed by atoms with van der Waals surface area (Å²) in [7, 11) is 0. The number of nitrogens with one attached hydrogen (secondary N) is 1. The van der Waals surface area contributed by atoms with Gasteiger partial charge in [-0.2, -0.15) is 0 Å². The van der Waals surface area contributed by atoms with E-state index >= 15 is 0 Å². The molecule has 1 heterocycles. The van der Waals surface area contributed by atoms with Crippen LogP contribution in [0.2, 0.25) is 5.02 Å². The molecule has 5 nitrogen and oxygen atoms in total. The normalized spacial score (nSPS) is 10.5. The van der Waals surface area contributed by atoms with Crippen molar-refractivity contribution in [3.8, 4) is 10.6 Å². The molecule has 0 unspecified atom stereocenters. The van der Waals surface area contributed by atoms with E-state index in [2.05, 4.69) is 10.3 Å². The monoisotopic (exact) mass is 400 g/mol. The quantitative estimate of drug-likeness (QED) is 0.620. The lowest BCUT2D eigenvalue weighted by Gasteiger charge is -2.08. The van der Waals surface area contributed by atoms with E-state index in [-0.39, 0.29) is 5.69 Å². The second-order valence-electron chi connectivity index (χ2n) is 6.01. The van der Waals surface area contributed by atoms with Crippen LogP contribution in [-0.2, 0) is 9.53 Å². The topological polar surface area (TPSA) is 68.3 Å². The third kappa shape index (κ3) is 4.93. The average molecular weight is 401 g/mol. The van der Waals surface area contributed by atoms with Gasteiger partial charge in [0.25, 0.3) is 5.91 Å². The maximum absolute atomic E-state index is 12.1. The minimum atomic E-state index is -0.644. The summed E-state index contributed by atoms with van der Waals surface area (Å²) < 4.78 is 5.04. The number of anilines is 1. The number of halogens is 1. The summed E-state index contributed by atoms with van der Waals surface area (Å²) in [4.78, 5) is 28.4. The fourth-order valence-electron chi connectivity index (χ4n) is 2.31. The molecule has 0 saturated heterocycles. The predicted molar refractivity (Wildman–Crippen MR) is 107 cm³/mol. The molecule has 0 aliphatic heterocycles. The van der Waals surface area contributed by atoms with Crippen molar-refractivity contribution in [1.82, 2.24) is 4.98 Å². The Bertz CT molecular complexity index is 983. The van der Waals surface area contributed by atoms with E-state index in [0.29, 0.717) is 10.7 Å². The minimum absolute atomic E-state index is 0.178. The molecule has 3 aromatic rings. The highest BCUT2D eigenvalue weighted by Gasteiger charge is 2.15. The lowest BCUT2D eigenvalue weighted by Crippen LogP contribution is -2.21. The number of aromatic nitrogens is 1. The molecule has 0 aliphatic rings. The molecule has 0 aliphatic carbocycles. The second kappa shape index (κ2) is 8.33. The molecule has 1 aromatic heterocycles. The average Bonchev–Trinajstić information content (AvgIpc) is 3.13. The van der Waals surface area contributed by atoms with Crippen LogP contribution in [0, 0.1) is 13.8 Å². The highest BCUT2D eigenvalue weighted by atomic mass is 35.5. The molecule has 7 heteroatoms. The molecule has 0 radical (unpaired) electrons. The van der Waals surface area contributed by atoms with Gasteiger partial charge >= 0.3 is 5.97 Å². The van der Waals surface area contributed by atoms with Crippen LogP contribution in [0.25, 0.3) is 10.6 Å². The van der Waals surface area contributed by atoms with Crippen molar-refractivity contribution in [1.29, 1.82) is 0 Å². The molecule has 0 atom stereocenters. The zero-order valence-corrected chi connectivity index (χ0v) is 16.4. The molecular formula is C20H17ClN2O3S. The zero-order chi connectivity index (χ0) is 19.4. The van der Waals surface area contributed by atoms with Gasteiger partial charge < -0.3 is 10.1 Å². The van der Waals surface area contributed by atoms with Crippen molar-refractivity contribution in [3.63, 3.8) is 0 Å². The number of ether oxygens (including phenoxy) is 1. The van der Waals surface area contributed by atoms with Gasteiger partial charge in [0.2, 0.25) is 0 Å². The van der Waals surface area contributed by atoms with Gasteiger partial charge in [-0.25, -0.2) is 9.78 Å². The Morgan fingerprint density at radius 2 is 1.81 bits per heavy atom. The summed E-state index contributed by atoms with van der Waals surface area (Å²) in [5, 5.41) is 5.38. The Balaban J connectivity index is 1.57. The predicted octanol–water partition coefficient (Wildman–Crippen LogP) is 4.88. The van der Waals surface area contributed by atoms with Gasteiger partial charge in [0.15, 0.2) is 12.3 Å². The van der Waals surface area contributed by atoms with Crippen LogP contribution in [0.3, 0.4) is 0 Å². The molecule has 0 spiro atoms. The first-order valence-electron chi connectivity index (χ1n) is 8.18. The largest absolute Gasteiger partial charge is 0.451 e. The van der Waals surface area contributed by atoms with E-state index in [0.717, 1.165) is 21.7 Å². The van der Waals surface area contributed by atoms with Crippen LogP contribution in [0.1, 0.15) is 21.6 Å². The summed E-state index contributed by atoms with van der Waals surface area (Å²) in [5.41, 5.74) is 3.71. The number of aryl methyl sites for hydroxylation is 2. The number of esters is 1. The van der Waals surface area contributed by atoms with Gasteiger partial charge in [-0.3, -0.25) is 4.79 Å². The Hall–Kier alpha value is -2.70. The van der Waals surface area contributed by atoms with E-state index in [4.69, 9.17) is 16.3 Å². The number of carbonyl (C=O) groups excluding carboxylic acids is 2. The van der Waals surface area contributed by atoms with Crippen LogP contribution in [0.5, 0.6) is 0 Å². The lowest BCUT2D eigenvalue weighted by atomic mass is 10.2. The molecule has 138 valence electrons. The molecule has 2 aromatic carbocycles. The summed E-state index contributed by atoms with van der Waals surface area (Å²) in [6.07, 6.45) is 0. The number of thiazole rings is 1. The first-order valence-corrected chi connectivity index (χ1v) is 9.44. The van der Waals surface area contributed by atoms with Crippen LogP contribution < -0.4 is 5.32 Å². The summed E-state index contributed by atoms with van der Waals surface area (Å²) >= 11 is 7.42. The highest BCUT2D eigenvalue weighted by Crippen LogP contribution is 2.25. The molecule has 27 heavy (non-hydrogen) atoms. The van der Waals surface area contributed by atoms with E-state index in [1.807, 2.05) is 44.2 Å². The fraction of sp³-hybridized carbons (Fsp3) is 0.150. The van der Waals surface area contributed by atoms with E-state index < -0.39 is 18.5 Å². The van der Waals surface area contributed by atoms with E-state index in [9.17, 15) is 9.59 Å². The Morgan fingerprint density at radius 3 is 2.52 bits per heavy atom. The van der Waals surface area contributed by atoms with Gasteiger partial charge in [-0.05, 0) is 31.5 Å². The van der Waals surface area contributed by atoms with Crippen molar-refractivity contribution >= 4 is 40.5 Å². The molecule has 3 rings (SSSR count). The Morgan fingerprint density at radius 1 is 1.11 bits per heavy atom. The van der Waals surface area contributed by atoms with Gasteiger partial charge in [0.05, 0.1) is 10.7 Å². The minimum Gasteiger partial charge on any atom is -0.451 e. The number of nitrogens with zero attached hydrogens (tertiary/aromatic N) is 1. The zero-order valence-electron chi connectivity index (χ0n) is 14.8. The standard InChI is InChI=1S/C20H17ClN2O3S/c1-12-3-6-14(7-4-12)19-23-17(11-27-19)20(25)26-10-18(24)22-16-8-5-13(2)9-15(16)21/h3-9,11H,10H2,1-2H3,(H,22,24). The fourth-order valence-corrected chi connectivity index (χ4v) is 3.39. The second-order valence-corrected chi connectivity index (χ2v) is 7.28. The molecule has 0 saturated carbocycles. The molecule has 0 fully saturated rings. The third-order valence-corrected chi connectivity index (χ3v) is 4.95. The van der Waals surface area contributed by atoms with Crippen molar-refractivity contribution < 1.29 is 14.3 Å². The maximum atomic E-state index is 12.1. The van der Waals surface area contributed by atoms with Crippen molar-refractivity contribution in [2.75, 3.05) is 11.9 Å². The highest BCUT2D eigenvalue weighted by molar-refractivity contribution is 7.13. The third-order valence-electron chi connectivity index (χ3n) is 3.74. The number of amides is 1. The lowest BCUT2D eigenvalue weighted by molar-refractivity contribution is -0.119. The van der Waals surface area contributed by atoms with Crippen LogP contribution in [0.4, 0.5) is 5.69 Å². The summed E-state index contributed by atoms with van der Waals surface area (Å²) in [5.74, 6) is -1.11. The SMILES string of the molecule is Cc1ccc(-c2nc(C(=O)OCC(=O)Nc3ccc(C)cc3Cl)cs2)cc1. The molecular weight excluding hydrogens is 384 g/mol. The summed E-state index contributed by atoms with van der Waals surface area (Å²) in [6, 6.07) is 13.1. The summed E-state index contributed by atoms with van der Waals surface area (Å²) in [6.45, 7) is 3.49. The van der Waals surface area contributed by atoms with Crippen LogP contribution >= 0.6 is 22.9 Å². The molecule has 0 bridgehead atoms. The van der Waals surface area contributed by atoms with Gasteiger partial charge in [-0.15, -0.1) is 11.3 Å². The number of rotatable bonds is 5. The Labute approximate surface area is 166 Å². The van der Waals surface area contributed by atoms with Gasteiger partial charge in [0.1, 0.15) is 5.01 Å². The number of carbonyl (C=O) groups is 2. The number of hydrogen-bond donors (Lipinski definition) is 1. The van der Waals surface area contributed by atoms with Crippen molar-refractivity contribution in [2.24, 2.45) is 0 Å². The van der Waals surface area contributed by atoms with Crippen molar-refractivity contribution in [3.05, 3.63) is 69.7 Å². The maximum Gasteiger partial charge on any atom is 0.358 e. The van der Waals surface area contributed by atoms with Gasteiger partial charge in [-0.1, -0.05) is 47.5 Å². The van der Waals surface area contributed by atoms with Crippen LogP contribution in [-0.4, -0.2) is 23.5 Å². The van der Waals surface area contributed by atoms with Crippen molar-refractivity contribution in [2.45, 2.75) is 13.8 Å². The van der Waals surface area contributed by atoms with E-state index in [1.165, 1.54) is 11.3 Å². The molecule has 1 N–H and O–H groups in total.